The van der Waals surface area contributed by atoms with Crippen LogP contribution in [0, 0.1) is 0 Å². The van der Waals surface area contributed by atoms with E-state index in [1.165, 1.54) is 5.56 Å². The van der Waals surface area contributed by atoms with E-state index in [2.05, 4.69) is 16.7 Å². The average molecular weight is 188 g/mol. The maximum absolute atomic E-state index is 10.5. The maximum Gasteiger partial charge on any atom is 0.145 e. The van der Waals surface area contributed by atoms with Crippen LogP contribution in [-0.2, 0) is 11.2 Å². The summed E-state index contributed by atoms with van der Waals surface area (Å²) in [5, 5.41) is 6.14. The first-order chi connectivity index (χ1) is 6.83. The van der Waals surface area contributed by atoms with Crippen LogP contribution in [0.5, 0.6) is 0 Å². The Labute approximate surface area is 82.8 Å². The molecule has 1 aromatic rings. The molecule has 14 heavy (non-hydrogen) atoms. The van der Waals surface area contributed by atoms with Crippen LogP contribution in [0.3, 0.4) is 0 Å². The lowest BCUT2D eigenvalue weighted by molar-refractivity contribution is 0.566. The molecule has 0 saturated heterocycles. The highest BCUT2D eigenvalue weighted by Crippen LogP contribution is 2.28. The first-order valence-electron chi connectivity index (χ1n) is 4.65. The van der Waals surface area contributed by atoms with Gasteiger partial charge in [-0.3, -0.25) is 0 Å². The van der Waals surface area contributed by atoms with Gasteiger partial charge in [-0.25, -0.2) is 4.79 Å². The molecule has 0 aliphatic carbocycles. The van der Waals surface area contributed by atoms with Crippen molar-refractivity contribution in [2.24, 2.45) is 0 Å². The third-order valence-electron chi connectivity index (χ3n) is 2.45. The third-order valence-corrected chi connectivity index (χ3v) is 2.45. The molecule has 1 aliphatic heterocycles. The zero-order valence-corrected chi connectivity index (χ0v) is 8.05. The van der Waals surface area contributed by atoms with Crippen LogP contribution in [-0.4, -0.2) is 13.0 Å². The Morgan fingerprint density at radius 2 is 2.29 bits per heavy atom. The van der Waals surface area contributed by atoms with Crippen LogP contribution < -0.4 is 10.6 Å². The van der Waals surface area contributed by atoms with Crippen LogP contribution in [0.4, 0.5) is 11.4 Å². The number of nitrogens with one attached hydrogen (secondary N) is 2. The number of anilines is 2. The molecule has 3 heteroatoms. The van der Waals surface area contributed by atoms with Gasteiger partial charge in [0.1, 0.15) is 11.6 Å². The second-order valence-corrected chi connectivity index (χ2v) is 3.33. The van der Waals surface area contributed by atoms with E-state index in [1.54, 1.807) is 0 Å². The first kappa shape index (κ1) is 8.85. The lowest BCUT2D eigenvalue weighted by atomic mass is 10.0. The van der Waals surface area contributed by atoms with Gasteiger partial charge in [0.15, 0.2) is 0 Å². The van der Waals surface area contributed by atoms with Gasteiger partial charge in [0.05, 0.1) is 0 Å². The minimum Gasteiger partial charge on any atom is -0.388 e. The van der Waals surface area contributed by atoms with E-state index in [9.17, 15) is 4.79 Å². The van der Waals surface area contributed by atoms with E-state index in [-0.39, 0.29) is 0 Å². The lowest BCUT2D eigenvalue weighted by Gasteiger charge is -2.19. The molecule has 72 valence electrons. The van der Waals surface area contributed by atoms with Crippen molar-refractivity contribution in [3.05, 3.63) is 29.5 Å². The van der Waals surface area contributed by atoms with E-state index < -0.39 is 0 Å². The van der Waals surface area contributed by atoms with Crippen molar-refractivity contribution in [1.29, 1.82) is 0 Å². The normalized spacial score (nSPS) is 13.9. The number of aryl methyl sites for hydroxylation is 1. The summed E-state index contributed by atoms with van der Waals surface area (Å²) in [6, 6.07) is 6.12. The van der Waals surface area contributed by atoms with E-state index in [0.717, 1.165) is 24.2 Å². The van der Waals surface area contributed by atoms with E-state index in [0.29, 0.717) is 5.70 Å². The molecule has 0 amide bonds. The van der Waals surface area contributed by atoms with Gasteiger partial charge in [0.2, 0.25) is 0 Å². The molecule has 1 aliphatic rings. The van der Waals surface area contributed by atoms with Crippen molar-refractivity contribution >= 4 is 17.3 Å². The highest BCUT2D eigenvalue weighted by atomic mass is 16.1. The molecule has 0 spiro atoms. The molecule has 0 bridgehead atoms. The van der Waals surface area contributed by atoms with Crippen LogP contribution in [0.2, 0.25) is 0 Å². The fourth-order valence-corrected chi connectivity index (χ4v) is 1.63. The van der Waals surface area contributed by atoms with Crippen LogP contribution in [0.15, 0.2) is 23.9 Å². The largest absolute Gasteiger partial charge is 0.388 e. The van der Waals surface area contributed by atoms with Crippen molar-refractivity contribution in [3.8, 4) is 0 Å². The van der Waals surface area contributed by atoms with Gasteiger partial charge in [-0.1, -0.05) is 6.07 Å². The predicted octanol–water partition coefficient (Wildman–Crippen LogP) is 1.80. The quantitative estimate of drug-likeness (QED) is 0.660. The fraction of sp³-hybridized carbons (Fsp3) is 0.273. The highest BCUT2D eigenvalue weighted by molar-refractivity contribution is 5.70. The van der Waals surface area contributed by atoms with Gasteiger partial charge in [-0.2, -0.15) is 0 Å². The minimum absolute atomic E-state index is 0.644. The van der Waals surface area contributed by atoms with Crippen molar-refractivity contribution in [2.45, 2.75) is 12.8 Å². The Morgan fingerprint density at radius 1 is 1.43 bits per heavy atom. The summed E-state index contributed by atoms with van der Waals surface area (Å²) in [5.41, 5.74) is 3.96. The molecule has 0 atom stereocenters. The molecule has 0 aromatic heterocycles. The average Bonchev–Trinajstić information content (AvgIpc) is 2.27. The van der Waals surface area contributed by atoms with Gasteiger partial charge in [-0.15, -0.1) is 0 Å². The SMILES string of the molecule is CNc1ccc2c(c1)NC(=C=O)CC2. The molecule has 2 N–H and O–H groups in total. The number of hydrogen-bond acceptors (Lipinski definition) is 3. The molecule has 2 rings (SSSR count). The van der Waals surface area contributed by atoms with Gasteiger partial charge in [0, 0.05) is 24.8 Å². The molecule has 1 aromatic carbocycles. The lowest BCUT2D eigenvalue weighted by Crippen LogP contribution is -2.10. The van der Waals surface area contributed by atoms with Crippen LogP contribution in [0.25, 0.3) is 0 Å². The molecule has 0 unspecified atom stereocenters. The second-order valence-electron chi connectivity index (χ2n) is 3.33. The standard InChI is InChI=1S/C11H12N2O/c1-12-9-4-2-8-3-5-10(7-14)13-11(8)6-9/h2,4,6,12-13H,3,5H2,1H3. The maximum atomic E-state index is 10.5. The Kier molecular flexibility index (Phi) is 2.25. The zero-order valence-electron chi connectivity index (χ0n) is 8.05. The predicted molar refractivity (Wildman–Crippen MR) is 57.1 cm³/mol. The molecule has 0 saturated carbocycles. The van der Waals surface area contributed by atoms with Gasteiger partial charge in [-0.05, 0) is 24.1 Å². The van der Waals surface area contributed by atoms with E-state index in [1.807, 2.05) is 25.1 Å². The van der Waals surface area contributed by atoms with E-state index in [4.69, 9.17) is 0 Å². The Bertz CT molecular complexity index is 406. The smallest absolute Gasteiger partial charge is 0.145 e. The fourth-order valence-electron chi connectivity index (χ4n) is 1.63. The monoisotopic (exact) mass is 188 g/mol. The van der Waals surface area contributed by atoms with E-state index >= 15 is 0 Å². The second kappa shape index (κ2) is 3.56. The van der Waals surface area contributed by atoms with Crippen LogP contribution in [0.1, 0.15) is 12.0 Å². The number of rotatable bonds is 1. The number of allylic oxidation sites excluding steroid dienone is 1. The first-order valence-corrected chi connectivity index (χ1v) is 4.65. The number of fused-ring (bicyclic) bond motifs is 1. The third kappa shape index (κ3) is 1.50. The van der Waals surface area contributed by atoms with Crippen LogP contribution >= 0.6 is 0 Å². The summed E-state index contributed by atoms with van der Waals surface area (Å²) in [6.45, 7) is 0. The summed E-state index contributed by atoms with van der Waals surface area (Å²) >= 11 is 0. The number of benzene rings is 1. The Morgan fingerprint density at radius 3 is 3.00 bits per heavy atom. The molecule has 0 fully saturated rings. The summed E-state index contributed by atoms with van der Waals surface area (Å²) < 4.78 is 0. The minimum atomic E-state index is 0.644. The van der Waals surface area contributed by atoms with Gasteiger partial charge >= 0.3 is 0 Å². The molecular weight excluding hydrogens is 176 g/mol. The van der Waals surface area contributed by atoms with Gasteiger partial charge in [0.25, 0.3) is 0 Å². The molecule has 0 radical (unpaired) electrons. The number of hydrogen-bond donors (Lipinski definition) is 2. The van der Waals surface area contributed by atoms with Crippen molar-refractivity contribution in [1.82, 2.24) is 0 Å². The summed E-state index contributed by atoms with van der Waals surface area (Å²) in [4.78, 5) is 10.5. The van der Waals surface area contributed by atoms with Crippen molar-refractivity contribution < 1.29 is 4.79 Å². The molecular formula is C11H12N2O. The molecule has 1 heterocycles. The summed E-state index contributed by atoms with van der Waals surface area (Å²) in [6.07, 6.45) is 1.67. The number of carbonyl (C=O) groups excluding carboxylic acids is 1. The Hall–Kier alpha value is -1.73. The topological polar surface area (TPSA) is 41.1 Å². The summed E-state index contributed by atoms with van der Waals surface area (Å²) in [7, 11) is 1.88. The summed E-state index contributed by atoms with van der Waals surface area (Å²) in [5.74, 6) is 1.92. The highest BCUT2D eigenvalue weighted by Gasteiger charge is 2.12. The van der Waals surface area contributed by atoms with Crippen molar-refractivity contribution in [3.63, 3.8) is 0 Å². The Balaban J connectivity index is 2.39. The van der Waals surface area contributed by atoms with Crippen molar-refractivity contribution in [2.75, 3.05) is 17.7 Å². The zero-order chi connectivity index (χ0) is 9.97. The molecule has 3 nitrogen and oxygen atoms in total. The van der Waals surface area contributed by atoms with Gasteiger partial charge < -0.3 is 10.6 Å².